The van der Waals surface area contributed by atoms with Crippen LogP contribution in [0.3, 0.4) is 0 Å². The number of aromatic carboxylic acids is 1. The lowest BCUT2D eigenvalue weighted by Gasteiger charge is -2.32. The van der Waals surface area contributed by atoms with E-state index in [0.717, 1.165) is 4.90 Å². The molecule has 116 valence electrons. The van der Waals surface area contributed by atoms with Gasteiger partial charge in [-0.25, -0.2) is 4.79 Å². The minimum absolute atomic E-state index is 0.0761. The summed E-state index contributed by atoms with van der Waals surface area (Å²) in [5.74, 6) is -3.37. The summed E-state index contributed by atoms with van der Waals surface area (Å²) in [6.45, 7) is -0.152. The first-order valence-corrected chi connectivity index (χ1v) is 6.20. The number of nitrogens with zero attached hydrogens (tertiary/aromatic N) is 4. The first kappa shape index (κ1) is 15.3. The van der Waals surface area contributed by atoms with Crippen LogP contribution >= 0.6 is 0 Å². The van der Waals surface area contributed by atoms with Crippen molar-refractivity contribution in [3.05, 3.63) is 11.4 Å². The zero-order chi connectivity index (χ0) is 15.8. The van der Waals surface area contributed by atoms with E-state index < -0.39 is 18.1 Å². The maximum Gasteiger partial charge on any atom is 0.471 e. The number of aryl methyl sites for hydroxylation is 1. The van der Waals surface area contributed by atoms with Crippen LogP contribution in [0.25, 0.3) is 0 Å². The molecule has 1 aromatic heterocycles. The second-order valence-corrected chi connectivity index (χ2v) is 4.82. The molecule has 1 fully saturated rings. The number of alkyl halides is 3. The van der Waals surface area contributed by atoms with Gasteiger partial charge in [0.05, 0.1) is 5.69 Å². The van der Waals surface area contributed by atoms with Crippen LogP contribution in [0.1, 0.15) is 34.9 Å². The predicted molar refractivity (Wildman–Crippen MR) is 62.6 cm³/mol. The van der Waals surface area contributed by atoms with Crippen LogP contribution in [-0.4, -0.2) is 56.1 Å². The van der Waals surface area contributed by atoms with E-state index in [2.05, 4.69) is 10.3 Å². The van der Waals surface area contributed by atoms with Gasteiger partial charge in [-0.15, -0.1) is 5.10 Å². The fourth-order valence-electron chi connectivity index (χ4n) is 2.51. The van der Waals surface area contributed by atoms with Crippen molar-refractivity contribution in [2.24, 2.45) is 7.05 Å². The fourth-order valence-corrected chi connectivity index (χ4v) is 2.51. The summed E-state index contributed by atoms with van der Waals surface area (Å²) in [6.07, 6.45) is -4.40. The number of halogens is 3. The Morgan fingerprint density at radius 2 is 1.86 bits per heavy atom. The molecule has 0 bridgehead atoms. The molecule has 2 rings (SSSR count). The van der Waals surface area contributed by atoms with E-state index in [1.807, 2.05) is 0 Å². The summed E-state index contributed by atoms with van der Waals surface area (Å²) in [5, 5.41) is 16.2. The molecule has 21 heavy (non-hydrogen) atoms. The van der Waals surface area contributed by atoms with E-state index in [-0.39, 0.29) is 37.5 Å². The Morgan fingerprint density at radius 3 is 2.33 bits per heavy atom. The highest BCUT2D eigenvalue weighted by molar-refractivity contribution is 5.86. The third-order valence-corrected chi connectivity index (χ3v) is 3.48. The highest BCUT2D eigenvalue weighted by Gasteiger charge is 2.43. The van der Waals surface area contributed by atoms with Crippen LogP contribution < -0.4 is 0 Å². The summed E-state index contributed by atoms with van der Waals surface area (Å²) >= 11 is 0. The molecule has 0 aliphatic carbocycles. The first-order chi connectivity index (χ1) is 9.71. The van der Waals surface area contributed by atoms with Gasteiger partial charge in [0.1, 0.15) is 0 Å². The van der Waals surface area contributed by atoms with E-state index >= 15 is 0 Å². The number of hydrogen-bond donors (Lipinski definition) is 1. The van der Waals surface area contributed by atoms with Crippen LogP contribution in [0.15, 0.2) is 0 Å². The molecule has 10 heteroatoms. The normalized spacial score (nSPS) is 17.0. The van der Waals surface area contributed by atoms with Crippen molar-refractivity contribution in [1.29, 1.82) is 0 Å². The predicted octanol–water partition coefficient (Wildman–Crippen LogP) is 0.782. The lowest BCUT2D eigenvalue weighted by Crippen LogP contribution is -2.45. The van der Waals surface area contributed by atoms with Crippen molar-refractivity contribution < 1.29 is 27.9 Å². The number of carbonyl (C=O) groups excluding carboxylic acids is 1. The van der Waals surface area contributed by atoms with Gasteiger partial charge in [0.15, 0.2) is 5.69 Å². The van der Waals surface area contributed by atoms with Gasteiger partial charge in [0.2, 0.25) is 0 Å². The summed E-state index contributed by atoms with van der Waals surface area (Å²) in [5.41, 5.74) is 0.180. The molecule has 0 saturated carbocycles. The maximum absolute atomic E-state index is 12.3. The number of carboxylic acids is 1. The smallest absolute Gasteiger partial charge is 0.471 e. The Labute approximate surface area is 117 Å². The van der Waals surface area contributed by atoms with Crippen molar-refractivity contribution in [2.45, 2.75) is 24.9 Å². The zero-order valence-corrected chi connectivity index (χ0v) is 11.1. The molecule has 0 unspecified atom stereocenters. The summed E-state index contributed by atoms with van der Waals surface area (Å²) < 4.78 is 38.4. The average Bonchev–Trinajstić information content (AvgIpc) is 2.79. The molecule has 1 aromatic rings. The van der Waals surface area contributed by atoms with Gasteiger partial charge in [-0.2, -0.15) is 13.2 Å². The largest absolute Gasteiger partial charge is 0.476 e. The quantitative estimate of drug-likeness (QED) is 0.872. The molecule has 1 N–H and O–H groups in total. The maximum atomic E-state index is 12.3. The van der Waals surface area contributed by atoms with Gasteiger partial charge in [-0.1, -0.05) is 5.21 Å². The van der Waals surface area contributed by atoms with Gasteiger partial charge in [0.25, 0.3) is 0 Å². The molecule has 1 saturated heterocycles. The molecule has 1 amide bonds. The van der Waals surface area contributed by atoms with Crippen LogP contribution in [0, 0.1) is 0 Å². The number of hydrogen-bond acceptors (Lipinski definition) is 4. The number of aromatic nitrogens is 3. The lowest BCUT2D eigenvalue weighted by atomic mass is 9.92. The topological polar surface area (TPSA) is 88.3 Å². The Kier molecular flexibility index (Phi) is 3.88. The average molecular weight is 306 g/mol. The SMILES string of the molecule is Cn1nnc(C(=O)O)c1C1CCN(C(=O)C(F)(F)F)CC1. The van der Waals surface area contributed by atoms with Gasteiger partial charge < -0.3 is 10.0 Å². The first-order valence-electron chi connectivity index (χ1n) is 6.20. The van der Waals surface area contributed by atoms with Gasteiger partial charge >= 0.3 is 18.1 Å². The van der Waals surface area contributed by atoms with Crippen molar-refractivity contribution in [3.63, 3.8) is 0 Å². The summed E-state index contributed by atoms with van der Waals surface area (Å²) in [4.78, 5) is 22.9. The number of carboxylic acid groups (broad SMARTS) is 1. The molecule has 2 heterocycles. The highest BCUT2D eigenvalue weighted by atomic mass is 19.4. The van der Waals surface area contributed by atoms with Crippen LogP contribution in [0.5, 0.6) is 0 Å². The Morgan fingerprint density at radius 1 is 1.29 bits per heavy atom. The van der Waals surface area contributed by atoms with Crippen molar-refractivity contribution in [2.75, 3.05) is 13.1 Å². The molecule has 1 aliphatic rings. The fraction of sp³-hybridized carbons (Fsp3) is 0.636. The van der Waals surface area contributed by atoms with Crippen molar-refractivity contribution >= 4 is 11.9 Å². The third kappa shape index (κ3) is 2.98. The van der Waals surface area contributed by atoms with E-state index in [9.17, 15) is 22.8 Å². The molecule has 0 radical (unpaired) electrons. The number of piperidine rings is 1. The minimum Gasteiger partial charge on any atom is -0.476 e. The molecule has 7 nitrogen and oxygen atoms in total. The second-order valence-electron chi connectivity index (χ2n) is 4.82. The molecule has 0 aromatic carbocycles. The molecule has 0 spiro atoms. The van der Waals surface area contributed by atoms with Gasteiger partial charge in [0, 0.05) is 26.1 Å². The van der Waals surface area contributed by atoms with Crippen LogP contribution in [-0.2, 0) is 11.8 Å². The number of rotatable bonds is 2. The van der Waals surface area contributed by atoms with E-state index in [0.29, 0.717) is 5.69 Å². The Hall–Kier alpha value is -2.13. The lowest BCUT2D eigenvalue weighted by molar-refractivity contribution is -0.186. The monoisotopic (exact) mass is 306 g/mol. The van der Waals surface area contributed by atoms with Crippen molar-refractivity contribution in [1.82, 2.24) is 19.9 Å². The number of likely N-dealkylation sites (tertiary alicyclic amines) is 1. The van der Waals surface area contributed by atoms with Crippen molar-refractivity contribution in [3.8, 4) is 0 Å². The molecule has 1 aliphatic heterocycles. The summed E-state index contributed by atoms with van der Waals surface area (Å²) in [6, 6.07) is 0. The molecule has 0 atom stereocenters. The third-order valence-electron chi connectivity index (χ3n) is 3.48. The summed E-state index contributed by atoms with van der Waals surface area (Å²) in [7, 11) is 1.53. The second kappa shape index (κ2) is 5.34. The number of carbonyl (C=O) groups is 2. The zero-order valence-electron chi connectivity index (χ0n) is 11.1. The van der Waals surface area contributed by atoms with E-state index in [4.69, 9.17) is 5.11 Å². The van der Waals surface area contributed by atoms with E-state index in [1.165, 1.54) is 11.7 Å². The van der Waals surface area contributed by atoms with Gasteiger partial charge in [-0.3, -0.25) is 9.48 Å². The number of amides is 1. The Balaban J connectivity index is 2.10. The molecular weight excluding hydrogens is 293 g/mol. The van der Waals surface area contributed by atoms with E-state index in [1.54, 1.807) is 0 Å². The minimum atomic E-state index is -4.88. The van der Waals surface area contributed by atoms with Crippen LogP contribution in [0.2, 0.25) is 0 Å². The Bertz CT molecular complexity index is 562. The van der Waals surface area contributed by atoms with Gasteiger partial charge in [-0.05, 0) is 12.8 Å². The molecular formula is C11H13F3N4O3. The standard InChI is InChI=1S/C11H13F3N4O3/c1-17-8(7(9(19)20)15-16-17)6-2-4-18(5-3-6)10(21)11(12,13)14/h6H,2-5H2,1H3,(H,19,20). The van der Waals surface area contributed by atoms with Crippen LogP contribution in [0.4, 0.5) is 13.2 Å². The highest BCUT2D eigenvalue weighted by Crippen LogP contribution is 2.31.